The first-order chi connectivity index (χ1) is 15.6. The Labute approximate surface area is 199 Å². The molecule has 0 radical (unpaired) electrons. The van der Waals surface area contributed by atoms with Crippen LogP contribution in [0.2, 0.25) is 5.02 Å². The van der Waals surface area contributed by atoms with Crippen LogP contribution in [0.4, 0.5) is 5.69 Å². The summed E-state index contributed by atoms with van der Waals surface area (Å²) in [6.07, 6.45) is 3.81. The maximum atomic E-state index is 13.6. The second-order valence-electron chi connectivity index (χ2n) is 8.98. The number of carbonyl (C=O) groups is 2. The summed E-state index contributed by atoms with van der Waals surface area (Å²) in [6, 6.07) is 13.2. The monoisotopic (exact) mass is 489 g/mol. The van der Waals surface area contributed by atoms with E-state index >= 15 is 0 Å². The Morgan fingerprint density at radius 3 is 2.42 bits per heavy atom. The molecule has 33 heavy (non-hydrogen) atoms. The number of benzene rings is 2. The number of carbonyl (C=O) groups excluding carboxylic acids is 2. The number of amides is 2. The number of nitrogens with zero attached hydrogens (tertiary/aromatic N) is 2. The van der Waals surface area contributed by atoms with Crippen molar-refractivity contribution in [3.8, 4) is 0 Å². The number of halogens is 1. The summed E-state index contributed by atoms with van der Waals surface area (Å²) < 4.78 is 27.8. The fourth-order valence-corrected chi connectivity index (χ4v) is 6.29. The van der Waals surface area contributed by atoms with Gasteiger partial charge in [0.25, 0.3) is 0 Å². The molecule has 0 spiro atoms. The molecule has 176 valence electrons. The van der Waals surface area contributed by atoms with Crippen molar-refractivity contribution in [2.75, 3.05) is 18.0 Å². The van der Waals surface area contributed by atoms with Crippen molar-refractivity contribution in [2.24, 2.45) is 0 Å². The molecule has 1 unspecified atom stereocenters. The molecule has 1 heterocycles. The summed E-state index contributed by atoms with van der Waals surface area (Å²) in [6.45, 7) is 2.94. The number of sulfonamides is 1. The first kappa shape index (κ1) is 23.7. The van der Waals surface area contributed by atoms with Crippen molar-refractivity contribution < 1.29 is 18.0 Å². The van der Waals surface area contributed by atoms with Gasteiger partial charge in [0.05, 0.1) is 11.4 Å². The molecule has 4 rings (SSSR count). The Kier molecular flexibility index (Phi) is 6.53. The Morgan fingerprint density at radius 2 is 1.79 bits per heavy atom. The zero-order valence-corrected chi connectivity index (χ0v) is 20.3. The molecule has 1 N–H and O–H groups in total. The smallest absolute Gasteiger partial charge is 0.247 e. The summed E-state index contributed by atoms with van der Waals surface area (Å²) in [5.74, 6) is -0.850. The largest absolute Gasteiger partial charge is 0.351 e. The fourth-order valence-electron chi connectivity index (χ4n) is 4.61. The van der Waals surface area contributed by atoms with Crippen LogP contribution in [-0.2, 0) is 19.6 Å². The van der Waals surface area contributed by atoms with Crippen molar-refractivity contribution in [1.82, 2.24) is 9.62 Å². The van der Waals surface area contributed by atoms with Crippen molar-refractivity contribution in [1.29, 1.82) is 0 Å². The first-order valence-corrected chi connectivity index (χ1v) is 12.9. The Hall–Kier alpha value is -2.42. The molecule has 0 aromatic heterocycles. The van der Waals surface area contributed by atoms with Crippen molar-refractivity contribution in [3.63, 3.8) is 0 Å². The molecule has 9 heteroatoms. The van der Waals surface area contributed by atoms with E-state index in [1.807, 2.05) is 6.92 Å². The van der Waals surface area contributed by atoms with Crippen molar-refractivity contribution >= 4 is 39.1 Å². The van der Waals surface area contributed by atoms with E-state index in [1.165, 1.54) is 17.0 Å². The zero-order valence-electron chi connectivity index (χ0n) is 18.8. The van der Waals surface area contributed by atoms with Gasteiger partial charge in [-0.3, -0.25) is 14.5 Å². The van der Waals surface area contributed by atoms with E-state index in [9.17, 15) is 18.0 Å². The molecule has 1 atom stereocenters. The predicted molar refractivity (Wildman–Crippen MR) is 128 cm³/mol. The minimum Gasteiger partial charge on any atom is -0.351 e. The lowest BCUT2D eigenvalue weighted by molar-refractivity contribution is -0.133. The van der Waals surface area contributed by atoms with Gasteiger partial charge in [-0.1, -0.05) is 48.7 Å². The third kappa shape index (κ3) is 4.52. The van der Waals surface area contributed by atoms with E-state index in [0.717, 1.165) is 35.6 Å². The number of anilines is 1. The lowest BCUT2D eigenvalue weighted by Crippen LogP contribution is -2.70. The summed E-state index contributed by atoms with van der Waals surface area (Å²) in [5.41, 5.74) is -0.134. The molecule has 2 fully saturated rings. The predicted octanol–water partition coefficient (Wildman–Crippen LogP) is 3.50. The number of nitrogens with one attached hydrogen (secondary N) is 1. The first-order valence-electron chi connectivity index (χ1n) is 11.1. The SMILES string of the molecule is Cc1ccc(N2C(=O)CN(S(=O)(=O)c3ccccc3)CC2(C)C(=O)NC2CCCC2)cc1Cl. The molecule has 7 nitrogen and oxygen atoms in total. The Bertz CT molecular complexity index is 1170. The van der Waals surface area contributed by atoms with Gasteiger partial charge in [0.2, 0.25) is 21.8 Å². The zero-order chi connectivity index (χ0) is 23.8. The van der Waals surface area contributed by atoms with Crippen LogP contribution >= 0.6 is 11.6 Å². The quantitative estimate of drug-likeness (QED) is 0.696. The molecule has 1 aliphatic carbocycles. The van der Waals surface area contributed by atoms with E-state index in [4.69, 9.17) is 11.6 Å². The molecule has 2 aliphatic rings. The molecule has 1 saturated carbocycles. The van der Waals surface area contributed by atoms with Gasteiger partial charge >= 0.3 is 0 Å². The molecule has 2 aromatic carbocycles. The third-order valence-corrected chi connectivity index (χ3v) is 8.73. The number of piperazine rings is 1. The molecule has 2 aromatic rings. The van der Waals surface area contributed by atoms with Crippen LogP contribution in [0.1, 0.15) is 38.2 Å². The maximum absolute atomic E-state index is 13.6. The lowest BCUT2D eigenvalue weighted by Gasteiger charge is -2.47. The van der Waals surface area contributed by atoms with Gasteiger partial charge in [0.1, 0.15) is 5.54 Å². The molecule has 1 saturated heterocycles. The minimum absolute atomic E-state index is 0.0222. The van der Waals surface area contributed by atoms with Crippen molar-refractivity contribution in [3.05, 3.63) is 59.1 Å². The molecule has 0 bridgehead atoms. The molecule has 1 aliphatic heterocycles. The summed E-state index contributed by atoms with van der Waals surface area (Å²) >= 11 is 6.33. The number of aryl methyl sites for hydroxylation is 1. The fraction of sp³-hybridized carbons (Fsp3) is 0.417. The summed E-state index contributed by atoms with van der Waals surface area (Å²) in [7, 11) is -3.97. The topological polar surface area (TPSA) is 86.8 Å². The third-order valence-electron chi connectivity index (χ3n) is 6.51. The van der Waals surface area contributed by atoms with Crippen molar-refractivity contribution in [2.45, 2.75) is 56.0 Å². The van der Waals surface area contributed by atoms with E-state index in [2.05, 4.69) is 5.32 Å². The van der Waals surface area contributed by atoms with Crippen LogP contribution < -0.4 is 10.2 Å². The molecular weight excluding hydrogens is 462 g/mol. The summed E-state index contributed by atoms with van der Waals surface area (Å²) in [4.78, 5) is 28.5. The number of rotatable bonds is 5. The second kappa shape index (κ2) is 9.08. The Balaban J connectivity index is 1.74. The van der Waals surface area contributed by atoms with Gasteiger partial charge < -0.3 is 5.32 Å². The maximum Gasteiger partial charge on any atom is 0.247 e. The van der Waals surface area contributed by atoms with Gasteiger partial charge in [0.15, 0.2) is 0 Å². The van der Waals surface area contributed by atoms with Crippen LogP contribution in [0.3, 0.4) is 0 Å². The van der Waals surface area contributed by atoms with Gasteiger partial charge in [-0.05, 0) is 56.5 Å². The average molecular weight is 490 g/mol. The Morgan fingerprint density at radius 1 is 1.12 bits per heavy atom. The van der Waals surface area contributed by atoms with Crippen LogP contribution in [0.15, 0.2) is 53.4 Å². The number of hydrogen-bond donors (Lipinski definition) is 1. The summed E-state index contributed by atoms with van der Waals surface area (Å²) in [5, 5.41) is 3.53. The van der Waals surface area contributed by atoms with E-state index < -0.39 is 21.5 Å². The lowest BCUT2D eigenvalue weighted by atomic mass is 9.93. The highest BCUT2D eigenvalue weighted by molar-refractivity contribution is 7.89. The van der Waals surface area contributed by atoms with Gasteiger partial charge in [-0.2, -0.15) is 4.31 Å². The second-order valence-corrected chi connectivity index (χ2v) is 11.3. The van der Waals surface area contributed by atoms with E-state index in [0.29, 0.717) is 10.7 Å². The highest BCUT2D eigenvalue weighted by atomic mass is 35.5. The van der Waals surface area contributed by atoms with Crippen LogP contribution in [0.25, 0.3) is 0 Å². The average Bonchev–Trinajstić information content (AvgIpc) is 3.29. The molecular formula is C24H28ClN3O4S. The minimum atomic E-state index is -3.97. The number of hydrogen-bond acceptors (Lipinski definition) is 4. The normalized spacial score (nSPS) is 22.5. The van der Waals surface area contributed by atoms with Crippen LogP contribution in [0, 0.1) is 6.92 Å². The standard InChI is InChI=1S/C24H28ClN3O4S/c1-17-12-13-19(14-21(17)25)28-22(29)15-27(33(31,32)20-10-4-3-5-11-20)16-24(28,2)23(30)26-18-8-6-7-9-18/h3-5,10-14,18H,6-9,15-16H2,1-2H3,(H,26,30). The van der Waals surface area contributed by atoms with Crippen LogP contribution in [-0.4, -0.2) is 49.2 Å². The highest BCUT2D eigenvalue weighted by Gasteiger charge is 2.51. The van der Waals surface area contributed by atoms with Crippen LogP contribution in [0.5, 0.6) is 0 Å². The van der Waals surface area contributed by atoms with E-state index in [1.54, 1.807) is 43.3 Å². The van der Waals surface area contributed by atoms with E-state index in [-0.39, 0.29) is 29.9 Å². The van der Waals surface area contributed by atoms with Gasteiger partial charge in [0, 0.05) is 23.3 Å². The highest BCUT2D eigenvalue weighted by Crippen LogP contribution is 2.34. The molecule has 2 amide bonds. The van der Waals surface area contributed by atoms with Gasteiger partial charge in [-0.15, -0.1) is 0 Å². The van der Waals surface area contributed by atoms with Gasteiger partial charge in [-0.25, -0.2) is 8.42 Å².